The van der Waals surface area contributed by atoms with Crippen LogP contribution in [0.4, 0.5) is 0 Å². The van der Waals surface area contributed by atoms with Crippen molar-refractivity contribution >= 4 is 11.8 Å². The zero-order valence-electron chi connectivity index (χ0n) is 12.7. The van der Waals surface area contributed by atoms with Crippen LogP contribution in [0.25, 0.3) is 0 Å². The van der Waals surface area contributed by atoms with Gasteiger partial charge < -0.3 is 5.32 Å². The zero-order valence-corrected chi connectivity index (χ0v) is 13.5. The Labute approximate surface area is 122 Å². The van der Waals surface area contributed by atoms with Crippen LogP contribution in [-0.2, 0) is 6.42 Å². The van der Waals surface area contributed by atoms with E-state index in [4.69, 9.17) is 0 Å². The van der Waals surface area contributed by atoms with Gasteiger partial charge in [0.1, 0.15) is 0 Å². The Morgan fingerprint density at radius 3 is 2.79 bits per heavy atom. The molecule has 1 aliphatic rings. The average Bonchev–Trinajstić information content (AvgIpc) is 2.69. The monoisotopic (exact) mass is 277 g/mol. The Balaban J connectivity index is 1.88. The predicted molar refractivity (Wildman–Crippen MR) is 85.9 cm³/mol. The van der Waals surface area contributed by atoms with Gasteiger partial charge >= 0.3 is 0 Å². The first-order valence-corrected chi connectivity index (χ1v) is 8.36. The number of hydrogen-bond acceptors (Lipinski definition) is 2. The first-order valence-electron chi connectivity index (χ1n) is 7.48. The Morgan fingerprint density at radius 2 is 2.11 bits per heavy atom. The summed E-state index contributed by atoms with van der Waals surface area (Å²) in [6.07, 6.45) is 3.82. The number of thioether (sulfide) groups is 1. The van der Waals surface area contributed by atoms with Crippen molar-refractivity contribution in [3.63, 3.8) is 0 Å². The number of hydrogen-bond donors (Lipinski definition) is 1. The standard InChI is InChI=1S/C17H27NS/c1-5-18-13(2)11-17(3,4)12-15-10-14-8-6-7-9-16(14)19-15/h6-9,13,15,18H,5,10-12H2,1-4H3. The lowest BCUT2D eigenvalue weighted by Gasteiger charge is -2.30. The maximum Gasteiger partial charge on any atom is 0.0140 e. The second-order valence-electron chi connectivity index (χ2n) is 6.58. The number of nitrogens with one attached hydrogen (secondary N) is 1. The van der Waals surface area contributed by atoms with Crippen LogP contribution in [0.15, 0.2) is 29.2 Å². The van der Waals surface area contributed by atoms with Crippen LogP contribution < -0.4 is 5.32 Å². The molecule has 0 aliphatic carbocycles. The fourth-order valence-corrected chi connectivity index (χ4v) is 4.93. The van der Waals surface area contributed by atoms with Crippen LogP contribution in [0.5, 0.6) is 0 Å². The van der Waals surface area contributed by atoms with Gasteiger partial charge in [-0.05, 0) is 49.8 Å². The molecule has 1 nitrogen and oxygen atoms in total. The number of rotatable bonds is 6. The Hall–Kier alpha value is -0.470. The van der Waals surface area contributed by atoms with E-state index in [-0.39, 0.29) is 0 Å². The van der Waals surface area contributed by atoms with Crippen molar-refractivity contribution in [2.45, 2.75) is 63.1 Å². The summed E-state index contributed by atoms with van der Waals surface area (Å²) in [7, 11) is 0. The smallest absolute Gasteiger partial charge is 0.0140 e. The van der Waals surface area contributed by atoms with Gasteiger partial charge in [-0.15, -0.1) is 11.8 Å². The molecule has 0 bridgehead atoms. The lowest BCUT2D eigenvalue weighted by Crippen LogP contribution is -2.32. The molecule has 1 heterocycles. The molecule has 2 heteroatoms. The molecule has 106 valence electrons. The molecule has 0 saturated carbocycles. The molecule has 0 radical (unpaired) electrons. The maximum absolute atomic E-state index is 3.54. The van der Waals surface area contributed by atoms with Crippen LogP contribution in [0, 0.1) is 5.41 Å². The molecule has 0 amide bonds. The van der Waals surface area contributed by atoms with Gasteiger partial charge in [-0.2, -0.15) is 0 Å². The average molecular weight is 277 g/mol. The van der Waals surface area contributed by atoms with Crippen LogP contribution in [0.1, 0.15) is 46.1 Å². The van der Waals surface area contributed by atoms with E-state index in [9.17, 15) is 0 Å². The molecule has 2 unspecified atom stereocenters. The van der Waals surface area contributed by atoms with Gasteiger partial charge in [0, 0.05) is 16.2 Å². The van der Waals surface area contributed by atoms with Crippen molar-refractivity contribution < 1.29 is 0 Å². The summed E-state index contributed by atoms with van der Waals surface area (Å²) < 4.78 is 0. The summed E-state index contributed by atoms with van der Waals surface area (Å²) in [6, 6.07) is 9.51. The summed E-state index contributed by atoms with van der Waals surface area (Å²) in [5, 5.41) is 4.30. The third-order valence-corrected chi connectivity index (χ3v) is 5.22. The molecule has 1 aliphatic heterocycles. The number of benzene rings is 1. The Bertz CT molecular complexity index is 388. The molecule has 0 fully saturated rings. The maximum atomic E-state index is 3.54. The van der Waals surface area contributed by atoms with Gasteiger partial charge in [0.2, 0.25) is 0 Å². The van der Waals surface area contributed by atoms with E-state index in [0.29, 0.717) is 11.5 Å². The second-order valence-corrected chi connectivity index (χ2v) is 7.93. The van der Waals surface area contributed by atoms with Gasteiger partial charge in [-0.3, -0.25) is 0 Å². The summed E-state index contributed by atoms with van der Waals surface area (Å²) in [6.45, 7) is 10.4. The third-order valence-electron chi connectivity index (χ3n) is 3.91. The lowest BCUT2D eigenvalue weighted by atomic mass is 9.81. The van der Waals surface area contributed by atoms with Gasteiger partial charge in [-0.1, -0.05) is 39.0 Å². The van der Waals surface area contributed by atoms with Gasteiger partial charge in [0.25, 0.3) is 0 Å². The van der Waals surface area contributed by atoms with Crippen LogP contribution >= 0.6 is 11.8 Å². The molecule has 0 aromatic heterocycles. The molecule has 0 saturated heterocycles. The van der Waals surface area contributed by atoms with Crippen LogP contribution in [0.2, 0.25) is 0 Å². The van der Waals surface area contributed by atoms with Crippen molar-refractivity contribution in [3.05, 3.63) is 29.8 Å². The molecule has 1 aromatic carbocycles. The highest BCUT2D eigenvalue weighted by Crippen LogP contribution is 2.43. The quantitative estimate of drug-likeness (QED) is 0.821. The fraction of sp³-hybridized carbons (Fsp3) is 0.647. The minimum absolute atomic E-state index is 0.418. The van der Waals surface area contributed by atoms with E-state index in [2.05, 4.69) is 69.0 Å². The largest absolute Gasteiger partial charge is 0.315 e. The molecule has 19 heavy (non-hydrogen) atoms. The molecular weight excluding hydrogens is 250 g/mol. The molecule has 2 atom stereocenters. The van der Waals surface area contributed by atoms with E-state index in [1.807, 2.05) is 0 Å². The SMILES string of the molecule is CCNC(C)CC(C)(C)CC1Cc2ccccc2S1. The normalized spacial score (nSPS) is 20.3. The molecule has 2 rings (SSSR count). The first kappa shape index (κ1) is 14.9. The summed E-state index contributed by atoms with van der Waals surface area (Å²) in [5.74, 6) is 0. The minimum Gasteiger partial charge on any atom is -0.315 e. The van der Waals surface area contributed by atoms with Gasteiger partial charge in [0.15, 0.2) is 0 Å². The molecule has 0 spiro atoms. The van der Waals surface area contributed by atoms with Gasteiger partial charge in [-0.25, -0.2) is 0 Å². The van der Waals surface area contributed by atoms with E-state index < -0.39 is 0 Å². The van der Waals surface area contributed by atoms with Crippen molar-refractivity contribution in [2.24, 2.45) is 5.41 Å². The van der Waals surface area contributed by atoms with E-state index in [0.717, 1.165) is 11.8 Å². The Kier molecular flexibility index (Phi) is 4.97. The molecule has 1 N–H and O–H groups in total. The van der Waals surface area contributed by atoms with Crippen molar-refractivity contribution in [2.75, 3.05) is 6.54 Å². The first-order chi connectivity index (χ1) is 9.00. The topological polar surface area (TPSA) is 12.0 Å². The highest BCUT2D eigenvalue weighted by Gasteiger charge is 2.29. The minimum atomic E-state index is 0.418. The molecule has 1 aromatic rings. The highest BCUT2D eigenvalue weighted by molar-refractivity contribution is 8.00. The fourth-order valence-electron chi connectivity index (χ4n) is 3.32. The molecular formula is C17H27NS. The Morgan fingerprint density at radius 1 is 1.37 bits per heavy atom. The highest BCUT2D eigenvalue weighted by atomic mass is 32.2. The van der Waals surface area contributed by atoms with Crippen molar-refractivity contribution in [3.8, 4) is 0 Å². The van der Waals surface area contributed by atoms with Crippen molar-refractivity contribution in [1.82, 2.24) is 5.32 Å². The summed E-state index contributed by atoms with van der Waals surface area (Å²) >= 11 is 2.08. The van der Waals surface area contributed by atoms with E-state index in [1.54, 1.807) is 5.56 Å². The second kappa shape index (κ2) is 6.32. The third kappa shape index (κ3) is 4.25. The van der Waals surface area contributed by atoms with Crippen molar-refractivity contribution in [1.29, 1.82) is 0 Å². The van der Waals surface area contributed by atoms with Crippen LogP contribution in [-0.4, -0.2) is 17.8 Å². The number of fused-ring (bicyclic) bond motifs is 1. The lowest BCUT2D eigenvalue weighted by molar-refractivity contribution is 0.268. The zero-order chi connectivity index (χ0) is 13.9. The van der Waals surface area contributed by atoms with E-state index >= 15 is 0 Å². The van der Waals surface area contributed by atoms with E-state index in [1.165, 1.54) is 24.2 Å². The van der Waals surface area contributed by atoms with Gasteiger partial charge in [0.05, 0.1) is 0 Å². The van der Waals surface area contributed by atoms with Crippen LogP contribution in [0.3, 0.4) is 0 Å². The predicted octanol–water partition coefficient (Wildman–Crippen LogP) is 4.51. The summed E-state index contributed by atoms with van der Waals surface area (Å²) in [5.41, 5.74) is 1.97. The summed E-state index contributed by atoms with van der Waals surface area (Å²) in [4.78, 5) is 1.50.